The quantitative estimate of drug-likeness (QED) is 0.912. The Balaban J connectivity index is 2.18. The first-order valence-electron chi connectivity index (χ1n) is 5.38. The van der Waals surface area contributed by atoms with Crippen molar-refractivity contribution in [1.29, 1.82) is 0 Å². The molecule has 0 aliphatic heterocycles. The molecule has 94 valence electrons. The summed E-state index contributed by atoms with van der Waals surface area (Å²) in [6, 6.07) is 5.96. The summed E-state index contributed by atoms with van der Waals surface area (Å²) in [4.78, 5) is 3.81. The molecule has 0 radical (unpaired) electrons. The van der Waals surface area contributed by atoms with Crippen molar-refractivity contribution in [2.24, 2.45) is 5.73 Å². The summed E-state index contributed by atoms with van der Waals surface area (Å²) in [5.41, 5.74) is 6.43. The predicted octanol–water partition coefficient (Wildman–Crippen LogP) is 2.74. The van der Waals surface area contributed by atoms with Gasteiger partial charge in [0, 0.05) is 0 Å². The molecule has 2 rings (SSSR count). The van der Waals surface area contributed by atoms with Crippen LogP contribution in [0.2, 0.25) is 0 Å². The lowest BCUT2D eigenvalue weighted by atomic mass is 10.0. The highest BCUT2D eigenvalue weighted by Crippen LogP contribution is 2.18. The van der Waals surface area contributed by atoms with Crippen LogP contribution in [0.4, 0.5) is 13.2 Å². The molecule has 1 atom stereocenters. The first kappa shape index (κ1) is 12.6. The molecule has 1 heterocycles. The summed E-state index contributed by atoms with van der Waals surface area (Å²) >= 11 is 0. The van der Waals surface area contributed by atoms with Gasteiger partial charge in [-0.3, -0.25) is 4.98 Å². The van der Waals surface area contributed by atoms with Crippen molar-refractivity contribution >= 4 is 0 Å². The lowest BCUT2D eigenvalue weighted by Gasteiger charge is -2.11. The normalized spacial score (nSPS) is 12.4. The molecule has 2 N–H and O–H groups in total. The molecule has 0 spiro atoms. The number of hydrogen-bond donors (Lipinski definition) is 1. The van der Waals surface area contributed by atoms with Crippen molar-refractivity contribution in [3.63, 3.8) is 0 Å². The van der Waals surface area contributed by atoms with Gasteiger partial charge in [-0.15, -0.1) is 0 Å². The molecule has 0 bridgehead atoms. The third-order valence-electron chi connectivity index (χ3n) is 2.60. The molecule has 1 aromatic heterocycles. The van der Waals surface area contributed by atoms with Crippen LogP contribution in [0.5, 0.6) is 0 Å². The zero-order valence-corrected chi connectivity index (χ0v) is 9.41. The van der Waals surface area contributed by atoms with Crippen LogP contribution in [-0.4, -0.2) is 4.98 Å². The van der Waals surface area contributed by atoms with Crippen molar-refractivity contribution in [2.45, 2.75) is 12.5 Å². The minimum atomic E-state index is -0.910. The van der Waals surface area contributed by atoms with Crippen LogP contribution in [0.15, 0.2) is 36.5 Å². The fourth-order valence-corrected chi connectivity index (χ4v) is 1.65. The Labute approximate surface area is 102 Å². The van der Waals surface area contributed by atoms with Crippen LogP contribution in [-0.2, 0) is 6.42 Å². The monoisotopic (exact) mass is 252 g/mol. The van der Waals surface area contributed by atoms with Crippen molar-refractivity contribution in [3.8, 4) is 0 Å². The molecule has 2 aromatic rings. The van der Waals surface area contributed by atoms with Gasteiger partial charge in [0.1, 0.15) is 5.82 Å². The first-order valence-corrected chi connectivity index (χ1v) is 5.38. The van der Waals surface area contributed by atoms with E-state index in [0.717, 1.165) is 12.3 Å². The fourth-order valence-electron chi connectivity index (χ4n) is 1.65. The van der Waals surface area contributed by atoms with E-state index in [9.17, 15) is 13.2 Å². The van der Waals surface area contributed by atoms with Crippen molar-refractivity contribution in [2.75, 3.05) is 0 Å². The molecular weight excluding hydrogens is 241 g/mol. The van der Waals surface area contributed by atoms with Crippen LogP contribution in [0.25, 0.3) is 0 Å². The predicted molar refractivity (Wildman–Crippen MR) is 61.2 cm³/mol. The van der Waals surface area contributed by atoms with Gasteiger partial charge in [0.15, 0.2) is 11.6 Å². The number of halogens is 3. The number of hydrogen-bond acceptors (Lipinski definition) is 2. The average molecular weight is 252 g/mol. The minimum Gasteiger partial charge on any atom is -0.322 e. The summed E-state index contributed by atoms with van der Waals surface area (Å²) < 4.78 is 39.1. The summed E-state index contributed by atoms with van der Waals surface area (Å²) in [6.07, 6.45) is 1.14. The second-order valence-electron chi connectivity index (χ2n) is 3.92. The average Bonchev–Trinajstić information content (AvgIpc) is 2.36. The summed E-state index contributed by atoms with van der Waals surface area (Å²) in [5.74, 6) is -2.29. The van der Waals surface area contributed by atoms with Crippen LogP contribution in [0, 0.1) is 17.5 Å². The molecule has 0 fully saturated rings. The Morgan fingerprint density at radius 1 is 1.11 bits per heavy atom. The number of rotatable bonds is 3. The standard InChI is InChI=1S/C13H11F3N2/c14-9-4-5-12(18-7-9)11(17)6-8-2-1-3-10(15)13(8)16/h1-5,7,11H,6,17H2. The van der Waals surface area contributed by atoms with E-state index in [1.807, 2.05) is 0 Å². The van der Waals surface area contributed by atoms with E-state index in [4.69, 9.17) is 5.73 Å². The largest absolute Gasteiger partial charge is 0.322 e. The Bertz CT molecular complexity index is 540. The fraction of sp³-hybridized carbons (Fsp3) is 0.154. The zero-order chi connectivity index (χ0) is 13.1. The second-order valence-corrected chi connectivity index (χ2v) is 3.92. The smallest absolute Gasteiger partial charge is 0.162 e. The molecule has 0 saturated carbocycles. The van der Waals surface area contributed by atoms with Crippen LogP contribution >= 0.6 is 0 Å². The van der Waals surface area contributed by atoms with Crippen molar-refractivity contribution in [3.05, 3.63) is 65.2 Å². The van der Waals surface area contributed by atoms with Gasteiger partial charge < -0.3 is 5.73 Å². The van der Waals surface area contributed by atoms with E-state index in [2.05, 4.69) is 4.98 Å². The summed E-state index contributed by atoms with van der Waals surface area (Å²) in [5, 5.41) is 0. The van der Waals surface area contributed by atoms with Crippen LogP contribution < -0.4 is 5.73 Å². The topological polar surface area (TPSA) is 38.9 Å². The number of benzene rings is 1. The van der Waals surface area contributed by atoms with Gasteiger partial charge in [0.05, 0.1) is 17.9 Å². The second kappa shape index (κ2) is 5.18. The van der Waals surface area contributed by atoms with Gasteiger partial charge in [0.25, 0.3) is 0 Å². The molecule has 1 aromatic carbocycles. The molecule has 1 unspecified atom stereocenters. The molecule has 0 aliphatic carbocycles. The molecule has 5 heteroatoms. The van der Waals surface area contributed by atoms with Crippen molar-refractivity contribution < 1.29 is 13.2 Å². The zero-order valence-electron chi connectivity index (χ0n) is 9.41. The molecule has 2 nitrogen and oxygen atoms in total. The third kappa shape index (κ3) is 2.68. The number of nitrogens with zero attached hydrogens (tertiary/aromatic N) is 1. The Kier molecular flexibility index (Phi) is 3.62. The lowest BCUT2D eigenvalue weighted by Crippen LogP contribution is -2.16. The third-order valence-corrected chi connectivity index (χ3v) is 2.60. The highest BCUT2D eigenvalue weighted by molar-refractivity contribution is 5.22. The van der Waals surface area contributed by atoms with Gasteiger partial charge >= 0.3 is 0 Å². The van der Waals surface area contributed by atoms with Crippen molar-refractivity contribution in [1.82, 2.24) is 4.98 Å². The Morgan fingerprint density at radius 3 is 2.56 bits per heavy atom. The maximum absolute atomic E-state index is 13.4. The van der Waals surface area contributed by atoms with E-state index in [-0.39, 0.29) is 12.0 Å². The molecule has 0 amide bonds. The van der Waals surface area contributed by atoms with Gasteiger partial charge in [0.2, 0.25) is 0 Å². The van der Waals surface area contributed by atoms with Gasteiger partial charge in [-0.05, 0) is 30.2 Å². The SMILES string of the molecule is NC(Cc1cccc(F)c1F)c1ccc(F)cn1. The van der Waals surface area contributed by atoms with Crippen LogP contribution in [0.3, 0.4) is 0 Å². The van der Waals surface area contributed by atoms with E-state index < -0.39 is 23.5 Å². The molecule has 0 aliphatic rings. The van der Waals surface area contributed by atoms with E-state index >= 15 is 0 Å². The van der Waals surface area contributed by atoms with E-state index in [1.165, 1.54) is 24.3 Å². The highest BCUT2D eigenvalue weighted by atomic mass is 19.2. The number of aromatic nitrogens is 1. The minimum absolute atomic E-state index is 0.0994. The Morgan fingerprint density at radius 2 is 1.89 bits per heavy atom. The summed E-state index contributed by atoms with van der Waals surface area (Å²) in [6.45, 7) is 0. The molecular formula is C13H11F3N2. The first-order chi connectivity index (χ1) is 8.58. The van der Waals surface area contributed by atoms with Gasteiger partial charge in [-0.1, -0.05) is 12.1 Å². The van der Waals surface area contributed by atoms with E-state index in [0.29, 0.717) is 5.69 Å². The molecule has 18 heavy (non-hydrogen) atoms. The van der Waals surface area contributed by atoms with Gasteiger partial charge in [-0.25, -0.2) is 13.2 Å². The number of nitrogens with two attached hydrogens (primary N) is 1. The maximum atomic E-state index is 13.4. The molecule has 0 saturated heterocycles. The number of pyridine rings is 1. The van der Waals surface area contributed by atoms with Gasteiger partial charge in [-0.2, -0.15) is 0 Å². The summed E-state index contributed by atoms with van der Waals surface area (Å²) in [7, 11) is 0. The maximum Gasteiger partial charge on any atom is 0.162 e. The highest BCUT2D eigenvalue weighted by Gasteiger charge is 2.13. The Hall–Kier alpha value is -1.88. The lowest BCUT2D eigenvalue weighted by molar-refractivity contribution is 0.493. The van der Waals surface area contributed by atoms with Crippen LogP contribution in [0.1, 0.15) is 17.3 Å². The van der Waals surface area contributed by atoms with E-state index in [1.54, 1.807) is 0 Å².